The van der Waals surface area contributed by atoms with Gasteiger partial charge < -0.3 is 0 Å². The quantitative estimate of drug-likeness (QED) is 0.151. The van der Waals surface area contributed by atoms with Gasteiger partial charge in [0.05, 0.1) is 11.1 Å². The number of thioether (sulfide) groups is 1. The molecule has 30 heavy (non-hydrogen) atoms. The number of halogens is 1. The van der Waals surface area contributed by atoms with Crippen LogP contribution in [0.2, 0.25) is 5.02 Å². The van der Waals surface area contributed by atoms with Gasteiger partial charge in [-0.1, -0.05) is 71.9 Å². The average molecular weight is 453 g/mol. The fraction of sp³-hybridized carbons (Fsp3) is 0.0870. The van der Waals surface area contributed by atoms with Crippen LogP contribution in [0.5, 0.6) is 0 Å². The molecule has 150 valence electrons. The number of ketones is 1. The van der Waals surface area contributed by atoms with Crippen LogP contribution in [0.4, 0.5) is 0 Å². The molecule has 2 aromatic heterocycles. The number of carbonyl (C=O) groups excluding carboxylic acids is 1. The maximum absolute atomic E-state index is 13.3. The Kier molecular flexibility index (Phi) is 6.18. The van der Waals surface area contributed by atoms with E-state index in [-0.39, 0.29) is 17.1 Å². The van der Waals surface area contributed by atoms with Gasteiger partial charge in [-0.05, 0) is 17.7 Å². The summed E-state index contributed by atoms with van der Waals surface area (Å²) in [4.78, 5) is 31.3. The Morgan fingerprint density at radius 2 is 2.00 bits per heavy atom. The Hall–Kier alpha value is -2.67. The highest BCUT2D eigenvalue weighted by atomic mass is 35.5. The second kappa shape index (κ2) is 9.00. The number of benzene rings is 2. The highest BCUT2D eigenvalue weighted by Crippen LogP contribution is 2.32. The highest BCUT2D eigenvalue weighted by Gasteiger charge is 2.18. The van der Waals surface area contributed by atoms with Crippen LogP contribution in [-0.2, 0) is 6.54 Å². The maximum Gasteiger partial charge on any atom is 0.263 e. The van der Waals surface area contributed by atoms with Crippen molar-refractivity contribution in [3.8, 4) is 11.1 Å². The minimum atomic E-state index is -0.127. The first-order valence-corrected chi connectivity index (χ1v) is 11.4. The van der Waals surface area contributed by atoms with Gasteiger partial charge in [0.25, 0.3) is 5.56 Å². The van der Waals surface area contributed by atoms with Crippen molar-refractivity contribution in [3.63, 3.8) is 0 Å². The minimum absolute atomic E-state index is 0.0712. The monoisotopic (exact) mass is 452 g/mol. The van der Waals surface area contributed by atoms with Gasteiger partial charge in [0, 0.05) is 28.1 Å². The molecule has 2 aromatic carbocycles. The van der Waals surface area contributed by atoms with E-state index in [9.17, 15) is 9.59 Å². The zero-order valence-corrected chi connectivity index (χ0v) is 18.3. The predicted molar refractivity (Wildman–Crippen MR) is 126 cm³/mol. The largest absolute Gasteiger partial charge is 0.293 e. The zero-order chi connectivity index (χ0) is 21.1. The summed E-state index contributed by atoms with van der Waals surface area (Å²) in [7, 11) is 0. The standard InChI is InChI=1S/C23H17ClN2O2S2/c1-2-11-26-22(28)20-18(15-7-4-3-5-8-15)13-29-21(20)25-23(26)30-14-19(27)16-9-6-10-17(24)12-16/h2-10,12-13H,1,11,14H2. The minimum Gasteiger partial charge on any atom is -0.293 e. The lowest BCUT2D eigenvalue weighted by atomic mass is 10.1. The van der Waals surface area contributed by atoms with Crippen molar-refractivity contribution in [2.24, 2.45) is 0 Å². The van der Waals surface area contributed by atoms with Crippen LogP contribution < -0.4 is 5.56 Å². The molecule has 0 bridgehead atoms. The molecule has 7 heteroatoms. The van der Waals surface area contributed by atoms with Crippen LogP contribution in [0.3, 0.4) is 0 Å². The smallest absolute Gasteiger partial charge is 0.263 e. The molecule has 0 aliphatic rings. The number of hydrogen-bond donors (Lipinski definition) is 0. The van der Waals surface area contributed by atoms with Crippen LogP contribution in [0.15, 0.2) is 82.6 Å². The molecule has 0 aliphatic heterocycles. The fourth-order valence-corrected chi connectivity index (χ4v) is 5.19. The van der Waals surface area contributed by atoms with Crippen LogP contribution in [-0.4, -0.2) is 21.1 Å². The van der Waals surface area contributed by atoms with E-state index in [1.165, 1.54) is 23.1 Å². The van der Waals surface area contributed by atoms with E-state index in [1.54, 1.807) is 34.9 Å². The molecule has 0 fully saturated rings. The Morgan fingerprint density at radius 1 is 1.20 bits per heavy atom. The summed E-state index contributed by atoms with van der Waals surface area (Å²) in [5, 5.41) is 3.57. The topological polar surface area (TPSA) is 52.0 Å². The average Bonchev–Trinajstić information content (AvgIpc) is 3.19. The number of allylic oxidation sites excluding steroid dienone is 1. The van der Waals surface area contributed by atoms with Crippen molar-refractivity contribution in [2.75, 3.05) is 5.75 Å². The van der Waals surface area contributed by atoms with Gasteiger partial charge in [-0.3, -0.25) is 14.2 Å². The molecule has 0 spiro atoms. The van der Waals surface area contributed by atoms with Crippen LogP contribution in [0, 0.1) is 0 Å². The first-order valence-electron chi connectivity index (χ1n) is 9.18. The van der Waals surface area contributed by atoms with E-state index >= 15 is 0 Å². The lowest BCUT2D eigenvalue weighted by Crippen LogP contribution is -2.23. The van der Waals surface area contributed by atoms with E-state index in [0.717, 1.165) is 11.1 Å². The van der Waals surface area contributed by atoms with Gasteiger partial charge in [-0.2, -0.15) is 0 Å². The fourth-order valence-electron chi connectivity index (χ4n) is 3.11. The van der Waals surface area contributed by atoms with Crippen molar-refractivity contribution >= 4 is 50.7 Å². The summed E-state index contributed by atoms with van der Waals surface area (Å²) in [5.41, 5.74) is 2.26. The molecule has 4 aromatic rings. The zero-order valence-electron chi connectivity index (χ0n) is 15.9. The number of Topliss-reactive ketones (excluding diaryl/α,β-unsaturated/α-hetero) is 1. The van der Waals surface area contributed by atoms with Gasteiger partial charge in [0.1, 0.15) is 4.83 Å². The normalized spacial score (nSPS) is 11.0. The molecular weight excluding hydrogens is 436 g/mol. The van der Waals surface area contributed by atoms with Crippen LogP contribution in [0.25, 0.3) is 21.3 Å². The third-order valence-electron chi connectivity index (χ3n) is 4.53. The molecule has 2 heterocycles. The summed E-state index contributed by atoms with van der Waals surface area (Å²) < 4.78 is 1.57. The van der Waals surface area contributed by atoms with Crippen molar-refractivity contribution in [1.29, 1.82) is 0 Å². The summed E-state index contributed by atoms with van der Waals surface area (Å²) in [6.07, 6.45) is 1.66. The van der Waals surface area contributed by atoms with Gasteiger partial charge in [0.15, 0.2) is 10.9 Å². The molecule has 0 unspecified atom stereocenters. The summed E-state index contributed by atoms with van der Waals surface area (Å²) in [5.74, 6) is 0.0879. The van der Waals surface area contributed by atoms with Crippen molar-refractivity contribution in [1.82, 2.24) is 9.55 Å². The van der Waals surface area contributed by atoms with Crippen LogP contribution >= 0.6 is 34.7 Å². The second-order valence-corrected chi connectivity index (χ2v) is 8.75. The van der Waals surface area contributed by atoms with Crippen molar-refractivity contribution in [3.05, 3.63) is 93.6 Å². The molecule has 0 saturated carbocycles. The number of aromatic nitrogens is 2. The number of thiophene rings is 1. The third-order valence-corrected chi connectivity index (χ3v) is 6.62. The summed E-state index contributed by atoms with van der Waals surface area (Å²) in [6, 6.07) is 16.6. The van der Waals surface area contributed by atoms with Gasteiger partial charge in [-0.15, -0.1) is 17.9 Å². The van der Waals surface area contributed by atoms with Gasteiger partial charge >= 0.3 is 0 Å². The summed E-state index contributed by atoms with van der Waals surface area (Å²) >= 11 is 8.66. The first-order chi connectivity index (χ1) is 14.6. The molecule has 0 saturated heterocycles. The first kappa shape index (κ1) is 20.6. The molecule has 0 radical (unpaired) electrons. The summed E-state index contributed by atoms with van der Waals surface area (Å²) in [6.45, 7) is 4.08. The van der Waals surface area contributed by atoms with E-state index in [4.69, 9.17) is 16.6 Å². The SMILES string of the molecule is C=CCn1c(SCC(=O)c2cccc(Cl)c2)nc2scc(-c3ccccc3)c2c1=O. The number of rotatable bonds is 7. The Labute approximate surface area is 186 Å². The third kappa shape index (κ3) is 4.12. The van der Waals surface area contributed by atoms with E-state index in [2.05, 4.69) is 6.58 Å². The van der Waals surface area contributed by atoms with E-state index in [1.807, 2.05) is 35.7 Å². The lowest BCUT2D eigenvalue weighted by Gasteiger charge is -2.10. The van der Waals surface area contributed by atoms with Crippen molar-refractivity contribution in [2.45, 2.75) is 11.7 Å². The Bertz CT molecular complexity index is 1300. The number of carbonyl (C=O) groups is 1. The molecule has 4 nitrogen and oxygen atoms in total. The Morgan fingerprint density at radius 3 is 2.73 bits per heavy atom. The molecule has 0 atom stereocenters. The predicted octanol–water partition coefficient (Wildman–Crippen LogP) is 5.94. The lowest BCUT2D eigenvalue weighted by molar-refractivity contribution is 0.102. The molecule has 0 N–H and O–H groups in total. The van der Waals surface area contributed by atoms with E-state index < -0.39 is 0 Å². The van der Waals surface area contributed by atoms with Gasteiger partial charge in [0.2, 0.25) is 0 Å². The molecule has 4 rings (SSSR count). The highest BCUT2D eigenvalue weighted by molar-refractivity contribution is 7.99. The Balaban J connectivity index is 1.71. The van der Waals surface area contributed by atoms with Crippen LogP contribution in [0.1, 0.15) is 10.4 Å². The number of fused-ring (bicyclic) bond motifs is 1. The van der Waals surface area contributed by atoms with E-state index in [0.29, 0.717) is 32.5 Å². The second-order valence-electron chi connectivity index (χ2n) is 6.52. The molecular formula is C23H17ClN2O2S2. The molecule has 0 aliphatic carbocycles. The number of nitrogens with zero attached hydrogens (tertiary/aromatic N) is 2. The van der Waals surface area contributed by atoms with Crippen molar-refractivity contribution < 1.29 is 4.79 Å². The number of hydrogen-bond acceptors (Lipinski definition) is 5. The molecule has 0 amide bonds. The maximum atomic E-state index is 13.3. The van der Waals surface area contributed by atoms with Gasteiger partial charge in [-0.25, -0.2) is 4.98 Å².